The van der Waals surface area contributed by atoms with Crippen LogP contribution in [0.5, 0.6) is 0 Å². The third kappa shape index (κ3) is 3.52. The minimum Gasteiger partial charge on any atom is -0.480 e. The molecule has 6 heteroatoms. The third-order valence-corrected chi connectivity index (χ3v) is 3.65. The van der Waals surface area contributed by atoms with Crippen LogP contribution < -0.4 is 0 Å². The van der Waals surface area contributed by atoms with E-state index in [4.69, 9.17) is 0 Å². The first-order valence-corrected chi connectivity index (χ1v) is 6.94. The van der Waals surface area contributed by atoms with E-state index >= 15 is 0 Å². The van der Waals surface area contributed by atoms with Gasteiger partial charge in [-0.25, -0.2) is 9.97 Å². The van der Waals surface area contributed by atoms with E-state index in [0.717, 1.165) is 24.6 Å². The van der Waals surface area contributed by atoms with Crippen LogP contribution in [-0.4, -0.2) is 63.6 Å². The van der Waals surface area contributed by atoms with E-state index < -0.39 is 12.0 Å². The largest absolute Gasteiger partial charge is 0.480 e. The predicted molar refractivity (Wildman–Crippen MR) is 75.5 cm³/mol. The predicted octanol–water partition coefficient (Wildman–Crippen LogP) is 0.801. The number of hydrogen-bond acceptors (Lipinski definition) is 5. The Kier molecular flexibility index (Phi) is 4.67. The van der Waals surface area contributed by atoms with Gasteiger partial charge in [-0.1, -0.05) is 13.8 Å². The molecule has 1 atom stereocenters. The normalized spacial score (nSPS) is 21.3. The highest BCUT2D eigenvalue weighted by molar-refractivity contribution is 5.73. The van der Waals surface area contributed by atoms with E-state index in [1.807, 2.05) is 18.0 Å². The number of rotatable bonds is 4. The van der Waals surface area contributed by atoms with Crippen molar-refractivity contribution in [1.82, 2.24) is 19.8 Å². The molecule has 0 aliphatic carbocycles. The van der Waals surface area contributed by atoms with Crippen molar-refractivity contribution in [2.24, 2.45) is 0 Å². The van der Waals surface area contributed by atoms with Gasteiger partial charge in [0.25, 0.3) is 0 Å². The molecule has 1 aromatic heterocycles. The van der Waals surface area contributed by atoms with Crippen molar-refractivity contribution >= 4 is 5.97 Å². The average molecular weight is 278 g/mol. The summed E-state index contributed by atoms with van der Waals surface area (Å²) in [5, 5.41) is 9.22. The summed E-state index contributed by atoms with van der Waals surface area (Å²) in [6, 6.07) is 1.47. The maximum atomic E-state index is 11.2. The molecule has 20 heavy (non-hydrogen) atoms. The van der Waals surface area contributed by atoms with E-state index in [2.05, 4.69) is 28.7 Å². The highest BCUT2D eigenvalue weighted by Gasteiger charge is 2.29. The molecule has 1 aromatic rings. The summed E-state index contributed by atoms with van der Waals surface area (Å²) in [7, 11) is 1.86. The summed E-state index contributed by atoms with van der Waals surface area (Å²) < 4.78 is 0. The molecule has 0 radical (unpaired) electrons. The third-order valence-electron chi connectivity index (χ3n) is 3.65. The molecular weight excluding hydrogens is 256 g/mol. The van der Waals surface area contributed by atoms with Gasteiger partial charge < -0.3 is 5.11 Å². The lowest BCUT2D eigenvalue weighted by atomic mass is 10.1. The quantitative estimate of drug-likeness (QED) is 0.878. The van der Waals surface area contributed by atoms with Gasteiger partial charge in [-0.3, -0.25) is 14.6 Å². The number of carboxylic acid groups (broad SMARTS) is 1. The molecule has 0 saturated carbocycles. The summed E-state index contributed by atoms with van der Waals surface area (Å²) in [5.41, 5.74) is 0.956. The van der Waals surface area contributed by atoms with E-state index in [-0.39, 0.29) is 0 Å². The molecule has 6 nitrogen and oxygen atoms in total. The van der Waals surface area contributed by atoms with E-state index in [1.54, 1.807) is 6.20 Å². The zero-order valence-corrected chi connectivity index (χ0v) is 12.3. The zero-order chi connectivity index (χ0) is 14.7. The summed E-state index contributed by atoms with van der Waals surface area (Å²) in [4.78, 5) is 24.0. The maximum Gasteiger partial charge on any atom is 0.322 e. The number of aromatic nitrogens is 2. The summed E-state index contributed by atoms with van der Waals surface area (Å²) in [5.74, 6) is 0.378. The minimum atomic E-state index is -0.761. The summed E-state index contributed by atoms with van der Waals surface area (Å²) in [6.45, 7) is 6.97. The average Bonchev–Trinajstić information content (AvgIpc) is 2.41. The minimum absolute atomic E-state index is 0.300. The second-order valence-corrected chi connectivity index (χ2v) is 5.63. The monoisotopic (exact) mass is 278 g/mol. The Morgan fingerprint density at radius 2 is 2.25 bits per heavy atom. The lowest BCUT2D eigenvalue weighted by molar-refractivity contribution is -0.145. The molecular formula is C14H22N4O2. The lowest BCUT2D eigenvalue weighted by Crippen LogP contribution is -2.54. The first-order chi connectivity index (χ1) is 9.47. The first-order valence-electron chi connectivity index (χ1n) is 6.94. The molecule has 1 N–H and O–H groups in total. The van der Waals surface area contributed by atoms with Gasteiger partial charge in [-0.2, -0.15) is 0 Å². The number of carbonyl (C=O) groups is 1. The number of carboxylic acids is 1. The van der Waals surface area contributed by atoms with Crippen molar-refractivity contribution in [1.29, 1.82) is 0 Å². The fourth-order valence-electron chi connectivity index (χ4n) is 2.35. The standard InChI is InChI=1S/C14H22N4O2/c1-10(2)13-15-5-4-11(16-13)8-18-7-6-17(3)12(9-18)14(19)20/h4-5,10,12H,6-9H2,1-3H3,(H,19,20). The molecule has 0 bridgehead atoms. The van der Waals surface area contributed by atoms with Gasteiger partial charge in [0.05, 0.1) is 5.69 Å². The SMILES string of the molecule is CC(C)c1nccc(CN2CCN(C)C(C(=O)O)C2)n1. The van der Waals surface area contributed by atoms with Gasteiger partial charge in [0, 0.05) is 38.3 Å². The van der Waals surface area contributed by atoms with Gasteiger partial charge in [0.1, 0.15) is 11.9 Å². The van der Waals surface area contributed by atoms with Crippen LogP contribution in [0.4, 0.5) is 0 Å². The highest BCUT2D eigenvalue weighted by atomic mass is 16.4. The Labute approximate surface area is 119 Å². The molecule has 0 spiro atoms. The molecule has 2 heterocycles. The molecule has 1 aliphatic heterocycles. The van der Waals surface area contributed by atoms with Crippen LogP contribution >= 0.6 is 0 Å². The molecule has 0 aromatic carbocycles. The van der Waals surface area contributed by atoms with Crippen molar-refractivity contribution in [2.75, 3.05) is 26.7 Å². The Balaban J connectivity index is 2.03. The molecule has 0 amide bonds. The van der Waals surface area contributed by atoms with Gasteiger partial charge in [0.15, 0.2) is 0 Å². The fourth-order valence-corrected chi connectivity index (χ4v) is 2.35. The molecule has 1 saturated heterocycles. The number of aliphatic carboxylic acids is 1. The van der Waals surface area contributed by atoms with Crippen molar-refractivity contribution in [3.63, 3.8) is 0 Å². The van der Waals surface area contributed by atoms with Crippen LogP contribution in [0, 0.1) is 0 Å². The van der Waals surface area contributed by atoms with Crippen molar-refractivity contribution in [3.05, 3.63) is 23.8 Å². The zero-order valence-electron chi connectivity index (χ0n) is 12.3. The van der Waals surface area contributed by atoms with Crippen molar-refractivity contribution < 1.29 is 9.90 Å². The van der Waals surface area contributed by atoms with Crippen LogP contribution in [0.15, 0.2) is 12.3 Å². The summed E-state index contributed by atoms with van der Waals surface area (Å²) >= 11 is 0. The Hall–Kier alpha value is -1.53. The smallest absolute Gasteiger partial charge is 0.322 e. The number of piperazine rings is 1. The maximum absolute atomic E-state index is 11.2. The van der Waals surface area contributed by atoms with Gasteiger partial charge in [-0.15, -0.1) is 0 Å². The van der Waals surface area contributed by atoms with E-state index in [9.17, 15) is 9.90 Å². The van der Waals surface area contributed by atoms with Gasteiger partial charge >= 0.3 is 5.97 Å². The first kappa shape index (κ1) is 14.9. The topological polar surface area (TPSA) is 69.6 Å². The van der Waals surface area contributed by atoms with Crippen LogP contribution in [0.25, 0.3) is 0 Å². The Morgan fingerprint density at radius 1 is 1.50 bits per heavy atom. The highest BCUT2D eigenvalue weighted by Crippen LogP contribution is 2.13. The molecule has 1 fully saturated rings. The number of nitrogens with zero attached hydrogens (tertiary/aromatic N) is 4. The van der Waals surface area contributed by atoms with Gasteiger partial charge in [-0.05, 0) is 13.1 Å². The molecule has 1 unspecified atom stereocenters. The van der Waals surface area contributed by atoms with Crippen LogP contribution in [0.2, 0.25) is 0 Å². The van der Waals surface area contributed by atoms with E-state index in [1.165, 1.54) is 0 Å². The molecule has 1 aliphatic rings. The van der Waals surface area contributed by atoms with Crippen molar-refractivity contribution in [2.45, 2.75) is 32.4 Å². The second-order valence-electron chi connectivity index (χ2n) is 5.63. The van der Waals surface area contributed by atoms with Crippen LogP contribution in [0.3, 0.4) is 0 Å². The lowest BCUT2D eigenvalue weighted by Gasteiger charge is -2.36. The van der Waals surface area contributed by atoms with Gasteiger partial charge in [0.2, 0.25) is 0 Å². The number of likely N-dealkylation sites (N-methyl/N-ethyl adjacent to an activating group) is 1. The van der Waals surface area contributed by atoms with E-state index in [0.29, 0.717) is 19.0 Å². The van der Waals surface area contributed by atoms with Crippen LogP contribution in [-0.2, 0) is 11.3 Å². The molecule has 110 valence electrons. The number of hydrogen-bond donors (Lipinski definition) is 1. The Morgan fingerprint density at radius 3 is 2.90 bits per heavy atom. The summed E-state index contributed by atoms with van der Waals surface area (Å²) in [6.07, 6.45) is 1.78. The van der Waals surface area contributed by atoms with Crippen LogP contribution in [0.1, 0.15) is 31.3 Å². The molecule has 2 rings (SSSR count). The fraction of sp³-hybridized carbons (Fsp3) is 0.643. The Bertz CT molecular complexity index is 478. The van der Waals surface area contributed by atoms with Crippen molar-refractivity contribution in [3.8, 4) is 0 Å². The second kappa shape index (κ2) is 6.28.